The van der Waals surface area contributed by atoms with Crippen molar-refractivity contribution < 1.29 is 5.21 Å². The third-order valence-electron chi connectivity index (χ3n) is 4.12. The van der Waals surface area contributed by atoms with E-state index in [1.54, 1.807) is 6.92 Å². The number of fused-ring (bicyclic) bond motifs is 1. The van der Waals surface area contributed by atoms with Gasteiger partial charge in [0.15, 0.2) is 0 Å². The van der Waals surface area contributed by atoms with Gasteiger partial charge in [0.25, 0.3) is 0 Å². The highest BCUT2D eigenvalue weighted by Crippen LogP contribution is 2.32. The summed E-state index contributed by atoms with van der Waals surface area (Å²) in [6, 6.07) is 17.5. The van der Waals surface area contributed by atoms with Crippen LogP contribution in [0.1, 0.15) is 24.1 Å². The van der Waals surface area contributed by atoms with Crippen molar-refractivity contribution in [2.24, 2.45) is 10.2 Å². The molecule has 0 aliphatic carbocycles. The van der Waals surface area contributed by atoms with Crippen LogP contribution in [0.4, 0.5) is 0 Å². The fraction of sp³-hybridized carbons (Fsp3) is 0.111. The van der Waals surface area contributed by atoms with Gasteiger partial charge in [-0.05, 0) is 13.0 Å². The quantitative estimate of drug-likeness (QED) is 0.757. The zero-order valence-electron chi connectivity index (χ0n) is 12.6. The van der Waals surface area contributed by atoms with Gasteiger partial charge in [0.2, 0.25) is 0 Å². The Hall–Kier alpha value is -2.92. The second-order valence-electron chi connectivity index (χ2n) is 5.54. The minimum absolute atomic E-state index is 0.397. The minimum atomic E-state index is -0.397. The Labute approximate surface area is 133 Å². The van der Waals surface area contributed by atoms with E-state index < -0.39 is 6.04 Å². The van der Waals surface area contributed by atoms with Crippen molar-refractivity contribution in [2.75, 3.05) is 0 Å². The van der Waals surface area contributed by atoms with E-state index in [0.29, 0.717) is 5.84 Å². The lowest BCUT2D eigenvalue weighted by Crippen LogP contribution is -2.37. The predicted octanol–water partition coefficient (Wildman–Crippen LogP) is 3.74. The first kappa shape index (κ1) is 13.7. The van der Waals surface area contributed by atoms with Crippen molar-refractivity contribution in [1.82, 2.24) is 10.0 Å². The number of para-hydroxylation sites is 1. The summed E-state index contributed by atoms with van der Waals surface area (Å²) >= 11 is 0. The number of aromatic nitrogens is 1. The second-order valence-corrected chi connectivity index (χ2v) is 5.54. The second kappa shape index (κ2) is 5.37. The van der Waals surface area contributed by atoms with Crippen LogP contribution in [-0.4, -0.2) is 26.8 Å². The van der Waals surface area contributed by atoms with Crippen LogP contribution in [0.5, 0.6) is 0 Å². The van der Waals surface area contributed by atoms with Crippen LogP contribution in [0, 0.1) is 0 Å². The van der Waals surface area contributed by atoms with Crippen LogP contribution in [0.25, 0.3) is 10.9 Å². The van der Waals surface area contributed by atoms with Gasteiger partial charge in [0.05, 0.1) is 0 Å². The maximum absolute atomic E-state index is 10.6. The maximum atomic E-state index is 10.6. The summed E-state index contributed by atoms with van der Waals surface area (Å²) in [4.78, 5) is 3.26. The number of rotatable bonds is 2. The number of benzene rings is 2. The molecule has 1 aromatic heterocycles. The first-order valence-corrected chi connectivity index (χ1v) is 7.47. The first-order valence-electron chi connectivity index (χ1n) is 7.47. The number of hydroxylamine groups is 2. The molecule has 0 saturated heterocycles. The fourth-order valence-corrected chi connectivity index (χ4v) is 2.95. The van der Waals surface area contributed by atoms with Gasteiger partial charge in [-0.3, -0.25) is 5.21 Å². The number of hydrogen-bond donors (Lipinski definition) is 2. The molecule has 0 unspecified atom stereocenters. The molecule has 0 radical (unpaired) electrons. The molecule has 23 heavy (non-hydrogen) atoms. The molecule has 5 heteroatoms. The standard InChI is InChI=1S/C18H16N4O/c1-12-20-21-17(13-7-3-2-4-8-13)18(22(12)23)15-11-19-16-10-6-5-9-14(15)16/h2-11,18-19,23H,1H3/t18-/m0/s1. The third kappa shape index (κ3) is 2.22. The van der Waals surface area contributed by atoms with E-state index in [-0.39, 0.29) is 0 Å². The van der Waals surface area contributed by atoms with Crippen LogP contribution in [-0.2, 0) is 0 Å². The summed E-state index contributed by atoms with van der Waals surface area (Å²) in [5, 5.41) is 21.3. The highest BCUT2D eigenvalue weighted by Gasteiger charge is 2.32. The Morgan fingerprint density at radius 2 is 1.74 bits per heavy atom. The number of amidine groups is 1. The van der Waals surface area contributed by atoms with Crippen molar-refractivity contribution in [3.05, 3.63) is 71.9 Å². The lowest BCUT2D eigenvalue weighted by Gasteiger charge is -2.30. The largest absolute Gasteiger partial charge is 0.361 e. The average Bonchev–Trinajstić information content (AvgIpc) is 3.02. The monoisotopic (exact) mass is 304 g/mol. The average molecular weight is 304 g/mol. The molecular weight excluding hydrogens is 288 g/mol. The molecule has 1 atom stereocenters. The lowest BCUT2D eigenvalue weighted by molar-refractivity contribution is -0.0357. The number of nitrogens with one attached hydrogen (secondary N) is 1. The Kier molecular flexibility index (Phi) is 3.20. The molecule has 0 spiro atoms. The van der Waals surface area contributed by atoms with E-state index in [4.69, 9.17) is 0 Å². The highest BCUT2D eigenvalue weighted by atomic mass is 16.5. The van der Waals surface area contributed by atoms with Crippen molar-refractivity contribution in [2.45, 2.75) is 13.0 Å². The third-order valence-corrected chi connectivity index (χ3v) is 4.12. The molecule has 2 heterocycles. The van der Waals surface area contributed by atoms with Crippen molar-refractivity contribution in [1.29, 1.82) is 0 Å². The molecule has 4 rings (SSSR count). The molecule has 1 aliphatic rings. The Balaban J connectivity index is 1.90. The molecular formula is C18H16N4O. The van der Waals surface area contributed by atoms with Gasteiger partial charge in [-0.1, -0.05) is 48.5 Å². The van der Waals surface area contributed by atoms with Gasteiger partial charge in [-0.25, -0.2) is 5.06 Å². The lowest BCUT2D eigenvalue weighted by atomic mass is 9.95. The van der Waals surface area contributed by atoms with Crippen molar-refractivity contribution in [3.63, 3.8) is 0 Å². The maximum Gasteiger partial charge on any atom is 0.149 e. The molecule has 3 aromatic rings. The van der Waals surface area contributed by atoms with E-state index in [2.05, 4.69) is 15.2 Å². The van der Waals surface area contributed by atoms with Crippen LogP contribution in [0.2, 0.25) is 0 Å². The van der Waals surface area contributed by atoms with Gasteiger partial charge in [0, 0.05) is 28.2 Å². The Bertz CT molecular complexity index is 911. The molecule has 0 amide bonds. The number of H-pyrrole nitrogens is 1. The Morgan fingerprint density at radius 3 is 2.57 bits per heavy atom. The number of aromatic amines is 1. The van der Waals surface area contributed by atoms with Gasteiger partial charge in [-0.2, -0.15) is 5.10 Å². The topological polar surface area (TPSA) is 64.0 Å². The van der Waals surface area contributed by atoms with Crippen LogP contribution < -0.4 is 0 Å². The minimum Gasteiger partial charge on any atom is -0.361 e. The molecule has 0 fully saturated rings. The molecule has 1 aliphatic heterocycles. The van der Waals surface area contributed by atoms with E-state index in [0.717, 1.165) is 27.7 Å². The molecule has 5 nitrogen and oxygen atoms in total. The summed E-state index contributed by atoms with van der Waals surface area (Å²) in [5.41, 5.74) is 3.67. The fourth-order valence-electron chi connectivity index (χ4n) is 2.95. The van der Waals surface area contributed by atoms with E-state index in [1.807, 2.05) is 60.8 Å². The van der Waals surface area contributed by atoms with E-state index >= 15 is 0 Å². The van der Waals surface area contributed by atoms with E-state index in [9.17, 15) is 5.21 Å². The highest BCUT2D eigenvalue weighted by molar-refractivity contribution is 6.09. The smallest absolute Gasteiger partial charge is 0.149 e. The van der Waals surface area contributed by atoms with E-state index in [1.165, 1.54) is 5.06 Å². The molecule has 2 N–H and O–H groups in total. The molecule has 2 aromatic carbocycles. The summed E-state index contributed by atoms with van der Waals surface area (Å²) in [7, 11) is 0. The zero-order chi connectivity index (χ0) is 15.8. The predicted molar refractivity (Wildman–Crippen MR) is 90.8 cm³/mol. The van der Waals surface area contributed by atoms with Crippen molar-refractivity contribution >= 4 is 22.5 Å². The molecule has 0 saturated carbocycles. The summed E-state index contributed by atoms with van der Waals surface area (Å²) in [5.74, 6) is 0.472. The van der Waals surface area contributed by atoms with Crippen molar-refractivity contribution in [3.8, 4) is 0 Å². The molecule has 0 bridgehead atoms. The summed E-state index contributed by atoms with van der Waals surface area (Å²) in [6.07, 6.45) is 1.93. The zero-order valence-corrected chi connectivity index (χ0v) is 12.6. The Morgan fingerprint density at radius 1 is 1.00 bits per heavy atom. The van der Waals surface area contributed by atoms with Gasteiger partial charge >= 0.3 is 0 Å². The van der Waals surface area contributed by atoms with Crippen LogP contribution in [0.3, 0.4) is 0 Å². The summed E-state index contributed by atoms with van der Waals surface area (Å²) in [6.45, 7) is 1.74. The van der Waals surface area contributed by atoms with Gasteiger partial charge in [0.1, 0.15) is 17.6 Å². The number of hydrogen-bond acceptors (Lipinski definition) is 4. The van der Waals surface area contributed by atoms with Gasteiger partial charge < -0.3 is 4.98 Å². The van der Waals surface area contributed by atoms with Gasteiger partial charge in [-0.15, -0.1) is 5.10 Å². The number of nitrogens with zero attached hydrogens (tertiary/aromatic N) is 3. The first-order chi connectivity index (χ1) is 11.3. The SMILES string of the molecule is CC1=NN=C(c2ccccc2)[C@H](c2c[nH]c3ccccc23)N1O. The normalized spacial score (nSPS) is 18.0. The van der Waals surface area contributed by atoms with Crippen LogP contribution in [0.15, 0.2) is 71.0 Å². The van der Waals surface area contributed by atoms with Crippen LogP contribution >= 0.6 is 0 Å². The summed E-state index contributed by atoms with van der Waals surface area (Å²) < 4.78 is 0. The molecule has 114 valence electrons.